The third kappa shape index (κ3) is 9.26. The molecule has 0 heterocycles. The standard InChI is InChI=1S/C17H39N5/c1-8-12-21(9-2)13-10-19-17(18-7)20-11-14-22(15(3)4)16(5)6/h15-16H,8-14H2,1-7H3,(H2,18,19,20). The van der Waals surface area contributed by atoms with Gasteiger partial charge in [0.15, 0.2) is 5.96 Å². The molecule has 5 nitrogen and oxygen atoms in total. The van der Waals surface area contributed by atoms with Crippen LogP contribution in [0.3, 0.4) is 0 Å². The summed E-state index contributed by atoms with van der Waals surface area (Å²) in [5.41, 5.74) is 0. The molecule has 0 aliphatic carbocycles. The summed E-state index contributed by atoms with van der Waals surface area (Å²) in [6.45, 7) is 19.7. The first-order chi connectivity index (χ1) is 10.5. The van der Waals surface area contributed by atoms with Gasteiger partial charge >= 0.3 is 0 Å². The molecule has 0 radical (unpaired) electrons. The maximum atomic E-state index is 4.30. The van der Waals surface area contributed by atoms with Crippen molar-refractivity contribution in [3.05, 3.63) is 0 Å². The molecular weight excluding hydrogens is 274 g/mol. The molecule has 0 unspecified atom stereocenters. The summed E-state index contributed by atoms with van der Waals surface area (Å²) in [5, 5.41) is 6.82. The molecule has 0 aliphatic rings. The molecule has 0 spiro atoms. The first-order valence-electron chi connectivity index (χ1n) is 8.88. The summed E-state index contributed by atoms with van der Waals surface area (Å²) in [5.74, 6) is 0.903. The highest BCUT2D eigenvalue weighted by Crippen LogP contribution is 2.03. The highest BCUT2D eigenvalue weighted by atomic mass is 15.2. The van der Waals surface area contributed by atoms with E-state index in [0.29, 0.717) is 12.1 Å². The Hall–Kier alpha value is -0.810. The number of nitrogens with zero attached hydrogens (tertiary/aromatic N) is 3. The van der Waals surface area contributed by atoms with Crippen LogP contribution in [0, 0.1) is 0 Å². The van der Waals surface area contributed by atoms with E-state index in [0.717, 1.165) is 38.7 Å². The van der Waals surface area contributed by atoms with Crippen molar-refractivity contribution in [2.24, 2.45) is 4.99 Å². The van der Waals surface area contributed by atoms with Gasteiger partial charge in [0.05, 0.1) is 0 Å². The number of nitrogens with one attached hydrogen (secondary N) is 2. The number of rotatable bonds is 11. The fourth-order valence-electron chi connectivity index (χ4n) is 2.71. The highest BCUT2D eigenvalue weighted by Gasteiger charge is 2.12. The van der Waals surface area contributed by atoms with E-state index < -0.39 is 0 Å². The predicted molar refractivity (Wildman–Crippen MR) is 98.7 cm³/mol. The van der Waals surface area contributed by atoms with Crippen molar-refractivity contribution in [1.29, 1.82) is 0 Å². The Bertz CT molecular complexity index is 281. The SMILES string of the molecule is CCCN(CC)CCNC(=NC)NCCN(C(C)C)C(C)C. The average Bonchev–Trinajstić information content (AvgIpc) is 2.47. The Kier molecular flexibility index (Phi) is 12.2. The molecule has 132 valence electrons. The van der Waals surface area contributed by atoms with Crippen LogP contribution in [0.15, 0.2) is 4.99 Å². The molecule has 0 atom stereocenters. The zero-order valence-corrected chi connectivity index (χ0v) is 15.9. The average molecular weight is 314 g/mol. The minimum atomic E-state index is 0.573. The molecular formula is C17H39N5. The van der Waals surface area contributed by atoms with Gasteiger partial charge in [-0.2, -0.15) is 0 Å². The van der Waals surface area contributed by atoms with E-state index in [1.165, 1.54) is 13.0 Å². The summed E-state index contributed by atoms with van der Waals surface area (Å²) in [6.07, 6.45) is 1.21. The lowest BCUT2D eigenvalue weighted by Gasteiger charge is -2.30. The first kappa shape index (κ1) is 21.2. The fraction of sp³-hybridized carbons (Fsp3) is 0.941. The number of hydrogen-bond donors (Lipinski definition) is 2. The van der Waals surface area contributed by atoms with Crippen molar-refractivity contribution in [2.75, 3.05) is 46.3 Å². The summed E-state index contributed by atoms with van der Waals surface area (Å²) in [6, 6.07) is 1.15. The monoisotopic (exact) mass is 313 g/mol. The third-order valence-corrected chi connectivity index (χ3v) is 3.92. The van der Waals surface area contributed by atoms with Crippen LogP contribution in [0.5, 0.6) is 0 Å². The number of hydrogen-bond acceptors (Lipinski definition) is 3. The lowest BCUT2D eigenvalue weighted by atomic mass is 10.2. The van der Waals surface area contributed by atoms with E-state index in [-0.39, 0.29) is 0 Å². The zero-order valence-electron chi connectivity index (χ0n) is 15.9. The van der Waals surface area contributed by atoms with Gasteiger partial charge in [-0.05, 0) is 47.2 Å². The van der Waals surface area contributed by atoms with Gasteiger partial charge in [-0.15, -0.1) is 0 Å². The number of likely N-dealkylation sites (N-methyl/N-ethyl adjacent to an activating group) is 1. The van der Waals surface area contributed by atoms with Crippen LogP contribution >= 0.6 is 0 Å². The van der Waals surface area contributed by atoms with Gasteiger partial charge in [-0.3, -0.25) is 9.89 Å². The van der Waals surface area contributed by atoms with E-state index >= 15 is 0 Å². The Balaban J connectivity index is 4.02. The van der Waals surface area contributed by atoms with Gasteiger partial charge in [0.25, 0.3) is 0 Å². The summed E-state index contributed by atoms with van der Waals surface area (Å²) in [7, 11) is 1.83. The predicted octanol–water partition coefficient (Wildman–Crippen LogP) is 2.00. The second kappa shape index (κ2) is 12.7. The summed E-state index contributed by atoms with van der Waals surface area (Å²) >= 11 is 0. The molecule has 0 saturated heterocycles. The van der Waals surface area contributed by atoms with Crippen LogP contribution in [0.25, 0.3) is 0 Å². The Morgan fingerprint density at radius 1 is 0.909 bits per heavy atom. The summed E-state index contributed by atoms with van der Waals surface area (Å²) < 4.78 is 0. The minimum absolute atomic E-state index is 0.573. The van der Waals surface area contributed by atoms with Crippen LogP contribution in [-0.4, -0.2) is 74.2 Å². The Morgan fingerprint density at radius 3 is 1.86 bits per heavy atom. The highest BCUT2D eigenvalue weighted by molar-refractivity contribution is 5.79. The van der Waals surface area contributed by atoms with Gasteiger partial charge in [-0.25, -0.2) is 0 Å². The van der Waals surface area contributed by atoms with Crippen molar-refractivity contribution >= 4 is 5.96 Å². The number of aliphatic imine (C=N–C) groups is 1. The molecule has 0 aromatic rings. The smallest absolute Gasteiger partial charge is 0.191 e. The maximum Gasteiger partial charge on any atom is 0.191 e. The van der Waals surface area contributed by atoms with E-state index in [1.807, 2.05) is 7.05 Å². The second-order valence-corrected chi connectivity index (χ2v) is 6.29. The van der Waals surface area contributed by atoms with E-state index in [4.69, 9.17) is 0 Å². The molecule has 0 fully saturated rings. The lowest BCUT2D eigenvalue weighted by Crippen LogP contribution is -2.46. The second-order valence-electron chi connectivity index (χ2n) is 6.29. The Morgan fingerprint density at radius 2 is 1.45 bits per heavy atom. The van der Waals surface area contributed by atoms with Crippen molar-refractivity contribution in [2.45, 2.75) is 60.0 Å². The van der Waals surface area contributed by atoms with Crippen LogP contribution in [0.1, 0.15) is 48.0 Å². The molecule has 0 amide bonds. The van der Waals surface area contributed by atoms with E-state index in [9.17, 15) is 0 Å². The largest absolute Gasteiger partial charge is 0.355 e. The number of guanidine groups is 1. The molecule has 0 rings (SSSR count). The fourth-order valence-corrected chi connectivity index (χ4v) is 2.71. The van der Waals surface area contributed by atoms with E-state index in [2.05, 4.69) is 67.0 Å². The zero-order chi connectivity index (χ0) is 17.0. The van der Waals surface area contributed by atoms with Crippen molar-refractivity contribution in [3.63, 3.8) is 0 Å². The summed E-state index contributed by atoms with van der Waals surface area (Å²) in [4.78, 5) is 9.24. The van der Waals surface area contributed by atoms with Crippen molar-refractivity contribution in [3.8, 4) is 0 Å². The van der Waals surface area contributed by atoms with Crippen LogP contribution in [-0.2, 0) is 0 Å². The van der Waals surface area contributed by atoms with Gasteiger partial charge in [0.1, 0.15) is 0 Å². The normalized spacial score (nSPS) is 12.8. The quantitative estimate of drug-likeness (QED) is 0.452. The van der Waals surface area contributed by atoms with Crippen molar-refractivity contribution in [1.82, 2.24) is 20.4 Å². The molecule has 0 aliphatic heterocycles. The molecule has 5 heteroatoms. The third-order valence-electron chi connectivity index (χ3n) is 3.92. The first-order valence-corrected chi connectivity index (χ1v) is 8.88. The van der Waals surface area contributed by atoms with Crippen LogP contribution in [0.4, 0.5) is 0 Å². The van der Waals surface area contributed by atoms with Crippen LogP contribution in [0.2, 0.25) is 0 Å². The van der Waals surface area contributed by atoms with Crippen molar-refractivity contribution < 1.29 is 0 Å². The molecule has 0 aromatic heterocycles. The van der Waals surface area contributed by atoms with Crippen LogP contribution < -0.4 is 10.6 Å². The Labute approximate surface area is 138 Å². The molecule has 0 saturated carbocycles. The molecule has 2 N–H and O–H groups in total. The lowest BCUT2D eigenvalue weighted by molar-refractivity contribution is 0.178. The molecule has 0 aromatic carbocycles. The maximum absolute atomic E-state index is 4.30. The topological polar surface area (TPSA) is 42.9 Å². The molecule has 0 bridgehead atoms. The van der Waals surface area contributed by atoms with Gasteiger partial charge < -0.3 is 15.5 Å². The van der Waals surface area contributed by atoms with Gasteiger partial charge in [-0.1, -0.05) is 13.8 Å². The minimum Gasteiger partial charge on any atom is -0.355 e. The van der Waals surface area contributed by atoms with Gasteiger partial charge in [0.2, 0.25) is 0 Å². The van der Waals surface area contributed by atoms with E-state index in [1.54, 1.807) is 0 Å². The molecule has 22 heavy (non-hydrogen) atoms. The van der Waals surface area contributed by atoms with Gasteiger partial charge in [0, 0.05) is 45.3 Å².